The summed E-state index contributed by atoms with van der Waals surface area (Å²) in [6, 6.07) is 11.9. The molecule has 8 nitrogen and oxygen atoms in total. The van der Waals surface area contributed by atoms with E-state index >= 15 is 0 Å². The van der Waals surface area contributed by atoms with Gasteiger partial charge in [-0.1, -0.05) is 17.3 Å². The monoisotopic (exact) mass is 347 g/mol. The summed E-state index contributed by atoms with van der Waals surface area (Å²) in [4.78, 5) is 12.7. The topological polar surface area (TPSA) is 94.6 Å². The van der Waals surface area contributed by atoms with Crippen LogP contribution < -0.4 is 5.32 Å². The first-order chi connectivity index (χ1) is 12.7. The number of nitrogens with zero attached hydrogens (tertiary/aromatic N) is 6. The maximum absolute atomic E-state index is 5.28. The van der Waals surface area contributed by atoms with Gasteiger partial charge in [0.25, 0.3) is 5.89 Å². The molecule has 0 spiro atoms. The molecule has 8 heteroatoms. The fourth-order valence-electron chi connectivity index (χ4n) is 2.65. The largest absolute Gasteiger partial charge is 0.363 e. The van der Waals surface area contributed by atoms with E-state index in [9.17, 15) is 0 Å². The lowest BCUT2D eigenvalue weighted by molar-refractivity contribution is 0.425. The van der Waals surface area contributed by atoms with Gasteiger partial charge >= 0.3 is 0 Å². The van der Waals surface area contributed by atoms with Crippen LogP contribution >= 0.6 is 0 Å². The molecule has 26 heavy (non-hydrogen) atoms. The number of hydrogen-bond donors (Lipinski definition) is 1. The third-order valence-corrected chi connectivity index (χ3v) is 4.00. The summed E-state index contributed by atoms with van der Waals surface area (Å²) in [6.07, 6.45) is 4.92. The van der Waals surface area contributed by atoms with Crippen LogP contribution in [0, 0.1) is 6.92 Å². The molecule has 130 valence electrons. The van der Waals surface area contributed by atoms with E-state index < -0.39 is 0 Å². The predicted molar refractivity (Wildman–Crippen MR) is 95.7 cm³/mol. The number of rotatable bonds is 5. The van der Waals surface area contributed by atoms with Crippen molar-refractivity contribution in [2.24, 2.45) is 0 Å². The number of aromatic nitrogens is 6. The molecule has 4 aromatic rings. The Morgan fingerprint density at radius 2 is 2.00 bits per heavy atom. The standard InChI is InChI=1S/C18H17N7O/c1-12(14-5-7-15(8-6-14)25-11-19-10-21-25)22-17-16(4-3-9-20-17)18-23-13(2)24-26-18/h3-12H,1-2H3,(H,20,22)/t12-/m0/s1. The van der Waals surface area contributed by atoms with Gasteiger partial charge in [0.05, 0.1) is 11.3 Å². The quantitative estimate of drug-likeness (QED) is 0.592. The van der Waals surface area contributed by atoms with Crippen LogP contribution in [0.15, 0.2) is 59.8 Å². The van der Waals surface area contributed by atoms with E-state index in [4.69, 9.17) is 4.52 Å². The van der Waals surface area contributed by atoms with Crippen LogP contribution in [0.3, 0.4) is 0 Å². The molecule has 3 heterocycles. The second-order valence-electron chi connectivity index (χ2n) is 5.84. The molecule has 0 amide bonds. The molecule has 3 aromatic heterocycles. The first kappa shape index (κ1) is 15.9. The van der Waals surface area contributed by atoms with E-state index in [-0.39, 0.29) is 6.04 Å². The molecule has 0 fully saturated rings. The molecule has 0 aliphatic rings. The van der Waals surface area contributed by atoms with Crippen LogP contribution in [-0.2, 0) is 0 Å². The van der Waals surface area contributed by atoms with Crippen LogP contribution in [0.4, 0.5) is 5.82 Å². The second-order valence-corrected chi connectivity index (χ2v) is 5.84. The smallest absolute Gasteiger partial charge is 0.261 e. The zero-order valence-corrected chi connectivity index (χ0v) is 14.4. The van der Waals surface area contributed by atoms with Crippen molar-refractivity contribution in [2.45, 2.75) is 19.9 Å². The number of benzene rings is 1. The lowest BCUT2D eigenvalue weighted by Crippen LogP contribution is -2.09. The van der Waals surface area contributed by atoms with Crippen molar-refractivity contribution in [3.8, 4) is 17.1 Å². The number of nitrogens with one attached hydrogen (secondary N) is 1. The summed E-state index contributed by atoms with van der Waals surface area (Å²) in [5.74, 6) is 1.74. The van der Waals surface area contributed by atoms with Crippen molar-refractivity contribution < 1.29 is 4.52 Å². The van der Waals surface area contributed by atoms with Gasteiger partial charge in [0, 0.05) is 12.2 Å². The van der Waals surface area contributed by atoms with Crippen molar-refractivity contribution in [2.75, 3.05) is 5.32 Å². The number of aryl methyl sites for hydroxylation is 1. The van der Waals surface area contributed by atoms with Crippen LogP contribution in [0.5, 0.6) is 0 Å². The van der Waals surface area contributed by atoms with Crippen molar-refractivity contribution >= 4 is 5.82 Å². The summed E-state index contributed by atoms with van der Waals surface area (Å²) < 4.78 is 7.00. The summed E-state index contributed by atoms with van der Waals surface area (Å²) in [7, 11) is 0. The highest BCUT2D eigenvalue weighted by atomic mass is 16.5. The van der Waals surface area contributed by atoms with Crippen molar-refractivity contribution in [1.82, 2.24) is 29.9 Å². The molecule has 0 bridgehead atoms. The van der Waals surface area contributed by atoms with Crippen LogP contribution in [-0.4, -0.2) is 29.9 Å². The Bertz CT molecular complexity index is 993. The fraction of sp³-hybridized carbons (Fsp3) is 0.167. The van der Waals surface area contributed by atoms with Crippen molar-refractivity contribution in [3.05, 3.63) is 66.6 Å². The Hall–Kier alpha value is -3.55. The molecule has 1 atom stereocenters. The van der Waals surface area contributed by atoms with Crippen molar-refractivity contribution in [1.29, 1.82) is 0 Å². The number of hydrogen-bond acceptors (Lipinski definition) is 7. The van der Waals surface area contributed by atoms with Gasteiger partial charge in [-0.05, 0) is 43.7 Å². The lowest BCUT2D eigenvalue weighted by atomic mass is 10.1. The Kier molecular flexibility index (Phi) is 4.14. The van der Waals surface area contributed by atoms with E-state index in [1.54, 1.807) is 24.1 Å². The van der Waals surface area contributed by atoms with E-state index in [1.165, 1.54) is 6.33 Å². The molecule has 4 rings (SSSR count). The van der Waals surface area contributed by atoms with Crippen LogP contribution in [0.1, 0.15) is 24.4 Å². The molecular formula is C18H17N7O. The molecule has 0 aliphatic carbocycles. The van der Waals surface area contributed by atoms with Gasteiger partial charge in [0.1, 0.15) is 18.5 Å². The lowest BCUT2D eigenvalue weighted by Gasteiger charge is -2.16. The molecule has 0 unspecified atom stereocenters. The van der Waals surface area contributed by atoms with E-state index in [0.29, 0.717) is 17.5 Å². The third kappa shape index (κ3) is 3.16. The molecule has 0 saturated heterocycles. The first-order valence-corrected chi connectivity index (χ1v) is 8.18. The SMILES string of the molecule is Cc1noc(-c2cccnc2N[C@@H](C)c2ccc(-n3cncn3)cc2)n1. The third-order valence-electron chi connectivity index (χ3n) is 4.00. The average Bonchev–Trinajstić information content (AvgIpc) is 3.34. The molecule has 0 aliphatic heterocycles. The Morgan fingerprint density at radius 3 is 2.69 bits per heavy atom. The zero-order valence-electron chi connectivity index (χ0n) is 14.4. The molecule has 0 saturated carbocycles. The van der Waals surface area contributed by atoms with Crippen LogP contribution in [0.25, 0.3) is 17.1 Å². The fourth-order valence-corrected chi connectivity index (χ4v) is 2.65. The summed E-state index contributed by atoms with van der Waals surface area (Å²) in [5, 5.41) is 11.4. The van der Waals surface area contributed by atoms with Crippen LogP contribution in [0.2, 0.25) is 0 Å². The van der Waals surface area contributed by atoms with Gasteiger partial charge in [-0.2, -0.15) is 10.1 Å². The Morgan fingerprint density at radius 1 is 1.15 bits per heavy atom. The zero-order chi connectivity index (χ0) is 17.9. The van der Waals surface area contributed by atoms with E-state index in [0.717, 1.165) is 16.8 Å². The maximum Gasteiger partial charge on any atom is 0.261 e. The van der Waals surface area contributed by atoms with Gasteiger partial charge in [-0.15, -0.1) is 0 Å². The minimum atomic E-state index is 0.0393. The number of anilines is 1. The van der Waals surface area contributed by atoms with E-state index in [2.05, 4.69) is 37.4 Å². The average molecular weight is 347 g/mol. The molecule has 1 N–H and O–H groups in total. The van der Waals surface area contributed by atoms with Gasteiger partial charge in [-0.3, -0.25) is 0 Å². The van der Waals surface area contributed by atoms with E-state index in [1.807, 2.05) is 36.4 Å². The van der Waals surface area contributed by atoms with Gasteiger partial charge in [0.2, 0.25) is 0 Å². The van der Waals surface area contributed by atoms with Gasteiger partial charge < -0.3 is 9.84 Å². The number of pyridine rings is 1. The Balaban J connectivity index is 1.56. The maximum atomic E-state index is 5.28. The summed E-state index contributed by atoms with van der Waals surface area (Å²) in [5.41, 5.74) is 2.85. The predicted octanol–water partition coefficient (Wildman–Crippen LogP) is 3.19. The summed E-state index contributed by atoms with van der Waals surface area (Å²) in [6.45, 7) is 3.86. The minimum Gasteiger partial charge on any atom is -0.363 e. The molecular weight excluding hydrogens is 330 g/mol. The second kappa shape index (κ2) is 6.75. The molecule has 1 aromatic carbocycles. The summed E-state index contributed by atoms with van der Waals surface area (Å²) >= 11 is 0. The highest BCUT2D eigenvalue weighted by molar-refractivity contribution is 5.69. The Labute approximate surface area is 149 Å². The van der Waals surface area contributed by atoms with Crippen molar-refractivity contribution in [3.63, 3.8) is 0 Å². The van der Waals surface area contributed by atoms with Gasteiger partial charge in [-0.25, -0.2) is 14.6 Å². The van der Waals surface area contributed by atoms with Gasteiger partial charge in [0.15, 0.2) is 5.82 Å². The highest BCUT2D eigenvalue weighted by Crippen LogP contribution is 2.27. The minimum absolute atomic E-state index is 0.0393. The highest BCUT2D eigenvalue weighted by Gasteiger charge is 2.15. The normalized spacial score (nSPS) is 12.1. The first-order valence-electron chi connectivity index (χ1n) is 8.18. The molecule has 0 radical (unpaired) electrons.